The summed E-state index contributed by atoms with van der Waals surface area (Å²) in [7, 11) is -3.30. The van der Waals surface area contributed by atoms with Crippen molar-refractivity contribution in [3.8, 4) is 0 Å². The number of amides is 2. The molecule has 0 radical (unpaired) electrons. The van der Waals surface area contributed by atoms with Crippen LogP contribution in [0.1, 0.15) is 152 Å². The summed E-state index contributed by atoms with van der Waals surface area (Å²) in [5, 5.41) is 14.8. The highest BCUT2D eigenvalue weighted by Gasteiger charge is 2.17. The van der Waals surface area contributed by atoms with Crippen molar-refractivity contribution < 1.29 is 37.4 Å². The predicted molar refractivity (Wildman–Crippen MR) is 233 cm³/mol. The van der Waals surface area contributed by atoms with Gasteiger partial charge in [0.25, 0.3) is 5.91 Å². The molecule has 0 heterocycles. The van der Waals surface area contributed by atoms with Crippen molar-refractivity contribution in [2.45, 2.75) is 124 Å². The first-order chi connectivity index (χ1) is 27.8. The zero-order chi connectivity index (χ0) is 42.3. The molecule has 3 aromatic carbocycles. The van der Waals surface area contributed by atoms with Crippen LogP contribution in [0.3, 0.4) is 0 Å². The van der Waals surface area contributed by atoms with E-state index in [4.69, 9.17) is 4.74 Å². The van der Waals surface area contributed by atoms with E-state index in [1.165, 1.54) is 94.9 Å². The number of likely N-dealkylation sites (N-methyl/N-ethyl adjacent to an activating group) is 1. The number of anilines is 3. The number of carbonyl (C=O) groups excluding carboxylic acids is 3. The van der Waals surface area contributed by atoms with Gasteiger partial charge in [-0.05, 0) is 98.0 Å². The molecule has 0 saturated carbocycles. The lowest BCUT2D eigenvalue weighted by Gasteiger charge is -2.24. The highest BCUT2D eigenvalue weighted by molar-refractivity contribution is 7.88. The van der Waals surface area contributed by atoms with E-state index in [1.54, 1.807) is 18.2 Å². The Bertz CT molecular complexity index is 1880. The number of rotatable bonds is 28. The molecule has 12 nitrogen and oxygen atoms in total. The number of hydrogen-bond donors (Lipinski definition) is 4. The number of carboxylic acid groups (broad SMARTS) is 1. The second-order valence-electron chi connectivity index (χ2n) is 15.0. The molecule has 0 bridgehead atoms. The summed E-state index contributed by atoms with van der Waals surface area (Å²) in [5.74, 6) is -1.62. The normalized spacial score (nSPS) is 11.2. The number of ether oxygens (including phenoxy) is 1. The summed E-state index contributed by atoms with van der Waals surface area (Å²) in [5.41, 5.74) is 4.54. The van der Waals surface area contributed by atoms with Crippen molar-refractivity contribution in [3.63, 3.8) is 0 Å². The van der Waals surface area contributed by atoms with Crippen LogP contribution in [-0.2, 0) is 27.8 Å². The number of hydrogen-bond acceptors (Lipinski definition) is 8. The third-order valence-corrected chi connectivity index (χ3v) is 11.0. The molecule has 0 saturated heterocycles. The first-order valence-corrected chi connectivity index (χ1v) is 22.7. The van der Waals surface area contributed by atoms with Crippen LogP contribution in [0.15, 0.2) is 54.6 Å². The number of aromatic carboxylic acids is 1. The van der Waals surface area contributed by atoms with E-state index in [9.17, 15) is 32.7 Å². The molecule has 318 valence electrons. The van der Waals surface area contributed by atoms with E-state index in [1.807, 2.05) is 30.9 Å². The Hall–Kier alpha value is -4.75. The topological polar surface area (TPSA) is 171 Å². The Morgan fingerprint density at radius 1 is 0.741 bits per heavy atom. The van der Waals surface area contributed by atoms with E-state index in [0.717, 1.165) is 42.3 Å². The number of nitrogens with one attached hydrogen (secondary N) is 3. The summed E-state index contributed by atoms with van der Waals surface area (Å²) in [4.78, 5) is 51.9. The average molecular weight is 821 g/mol. The second kappa shape index (κ2) is 25.6. The Balaban J connectivity index is 1.65. The van der Waals surface area contributed by atoms with Gasteiger partial charge in [-0.2, -0.15) is 0 Å². The molecule has 58 heavy (non-hydrogen) atoms. The van der Waals surface area contributed by atoms with Gasteiger partial charge in [0.1, 0.15) is 6.61 Å². The second-order valence-corrected chi connectivity index (χ2v) is 16.8. The molecule has 3 aromatic rings. The molecule has 0 atom stereocenters. The van der Waals surface area contributed by atoms with Gasteiger partial charge in [0.15, 0.2) is 6.29 Å². The summed E-state index contributed by atoms with van der Waals surface area (Å²) < 4.78 is 31.2. The molecule has 0 fully saturated rings. The van der Waals surface area contributed by atoms with Gasteiger partial charge >= 0.3 is 12.1 Å². The lowest BCUT2D eigenvalue weighted by atomic mass is 9.97. The maximum Gasteiger partial charge on any atom is 0.411 e. The lowest BCUT2D eigenvalue weighted by molar-refractivity contribution is 0.0696. The third-order valence-electron chi connectivity index (χ3n) is 10.2. The SMILES string of the molecule is CCCCCCCCCCCCCCCCc1cc(C=O)c(NC(=O)c2ccc(C(=O)O)cc2)cc1COC(=O)Nc1ccc(N(CC)CCNS(C)(=O)=O)cc1C. The molecular formula is C45H64N4O8S. The number of sulfonamides is 1. The number of aldehydes is 1. The first-order valence-electron chi connectivity index (χ1n) is 20.8. The fourth-order valence-corrected chi connectivity index (χ4v) is 7.32. The Morgan fingerprint density at radius 3 is 1.86 bits per heavy atom. The minimum atomic E-state index is -3.30. The molecule has 0 aliphatic heterocycles. The van der Waals surface area contributed by atoms with E-state index in [0.29, 0.717) is 37.0 Å². The van der Waals surface area contributed by atoms with Crippen molar-refractivity contribution in [3.05, 3.63) is 88.0 Å². The van der Waals surface area contributed by atoms with Gasteiger partial charge in [-0.15, -0.1) is 0 Å². The van der Waals surface area contributed by atoms with Crippen LogP contribution in [0.2, 0.25) is 0 Å². The lowest BCUT2D eigenvalue weighted by Crippen LogP contribution is -2.34. The summed E-state index contributed by atoms with van der Waals surface area (Å²) >= 11 is 0. The van der Waals surface area contributed by atoms with E-state index < -0.39 is 28.0 Å². The molecule has 0 unspecified atom stereocenters. The Kier molecular flexibility index (Phi) is 21.0. The zero-order valence-electron chi connectivity index (χ0n) is 34.9. The quantitative estimate of drug-likeness (QED) is 0.0411. The molecule has 0 aliphatic rings. The van der Waals surface area contributed by atoms with E-state index >= 15 is 0 Å². The number of carboxylic acids is 1. The van der Waals surface area contributed by atoms with Crippen molar-refractivity contribution in [2.24, 2.45) is 0 Å². The van der Waals surface area contributed by atoms with Crippen LogP contribution in [0, 0.1) is 6.92 Å². The number of aryl methyl sites for hydroxylation is 2. The maximum atomic E-state index is 13.2. The summed E-state index contributed by atoms with van der Waals surface area (Å²) in [6.45, 7) is 7.37. The van der Waals surface area contributed by atoms with Crippen molar-refractivity contribution in [1.82, 2.24) is 4.72 Å². The molecule has 3 rings (SSSR count). The van der Waals surface area contributed by atoms with Crippen LogP contribution in [-0.4, -0.2) is 63.7 Å². The highest BCUT2D eigenvalue weighted by Crippen LogP contribution is 2.26. The van der Waals surface area contributed by atoms with Gasteiger partial charge in [-0.25, -0.2) is 22.7 Å². The average Bonchev–Trinajstić information content (AvgIpc) is 3.19. The van der Waals surface area contributed by atoms with Gasteiger partial charge < -0.3 is 20.1 Å². The Labute approximate surface area is 345 Å². The molecule has 4 N–H and O–H groups in total. The highest BCUT2D eigenvalue weighted by atomic mass is 32.2. The number of nitrogens with zero attached hydrogens (tertiary/aromatic N) is 1. The number of unbranched alkanes of at least 4 members (excludes halogenated alkanes) is 13. The molecule has 0 spiro atoms. The van der Waals surface area contributed by atoms with Crippen LogP contribution in [0.25, 0.3) is 0 Å². The van der Waals surface area contributed by atoms with Crippen molar-refractivity contribution in [2.75, 3.05) is 41.4 Å². The molecule has 0 aliphatic carbocycles. The molecule has 2 amide bonds. The third kappa shape index (κ3) is 17.4. The maximum absolute atomic E-state index is 13.2. The van der Waals surface area contributed by atoms with Crippen LogP contribution in [0.4, 0.5) is 21.9 Å². The Morgan fingerprint density at radius 2 is 1.33 bits per heavy atom. The van der Waals surface area contributed by atoms with E-state index in [-0.39, 0.29) is 35.5 Å². The van der Waals surface area contributed by atoms with Crippen molar-refractivity contribution >= 4 is 51.3 Å². The van der Waals surface area contributed by atoms with E-state index in [2.05, 4.69) is 22.3 Å². The number of carbonyl (C=O) groups is 4. The zero-order valence-corrected chi connectivity index (χ0v) is 35.7. The van der Waals surface area contributed by atoms with Crippen molar-refractivity contribution in [1.29, 1.82) is 0 Å². The minimum absolute atomic E-state index is 0.0456. The van der Waals surface area contributed by atoms with Gasteiger partial charge in [-0.3, -0.25) is 14.9 Å². The monoisotopic (exact) mass is 820 g/mol. The first kappa shape index (κ1) is 47.6. The van der Waals surface area contributed by atoms with Gasteiger partial charge in [0, 0.05) is 42.1 Å². The fraction of sp³-hybridized carbons (Fsp3) is 0.511. The molecular weight excluding hydrogens is 757 g/mol. The largest absolute Gasteiger partial charge is 0.478 e. The standard InChI is InChI=1S/C45H64N4O8S/c1-5-7-8-9-10-11-12-13-14-15-16-17-18-19-20-37-30-38(32-50)42(47-43(51)35-21-23-36(24-22-35)44(52)53)31-39(37)33-57-45(54)48-41-26-25-40(29-34(41)3)49(6-2)28-27-46-58(4,55)56/h21-26,29-32,46H,5-20,27-28,33H2,1-4H3,(H,47,51)(H,48,54)(H,52,53). The van der Waals surface area contributed by atoms with Gasteiger partial charge in [0.05, 0.1) is 17.5 Å². The summed E-state index contributed by atoms with van der Waals surface area (Å²) in [6.07, 6.45) is 19.2. The molecule has 13 heteroatoms. The van der Waals surface area contributed by atoms with Gasteiger partial charge in [0.2, 0.25) is 10.0 Å². The predicted octanol–water partition coefficient (Wildman–Crippen LogP) is 9.91. The van der Waals surface area contributed by atoms with Crippen LogP contribution >= 0.6 is 0 Å². The fourth-order valence-electron chi connectivity index (χ4n) is 6.86. The smallest absolute Gasteiger partial charge is 0.411 e. The van der Waals surface area contributed by atoms with Crippen LogP contribution < -0.4 is 20.3 Å². The molecule has 0 aromatic heterocycles. The van der Waals surface area contributed by atoms with Crippen LogP contribution in [0.5, 0.6) is 0 Å². The van der Waals surface area contributed by atoms with Gasteiger partial charge in [-0.1, -0.05) is 90.4 Å². The number of benzene rings is 3. The summed E-state index contributed by atoms with van der Waals surface area (Å²) in [6, 6.07) is 14.4. The minimum Gasteiger partial charge on any atom is -0.478 e.